The molecule has 2 bridgehead atoms. The SMILES string of the molecule is CCOC(=O)N1CC2CC[C@@H](O)C1[C@H]2O. The second-order valence-electron chi connectivity index (χ2n) is 4.24. The minimum atomic E-state index is -0.622. The Morgan fingerprint density at radius 3 is 2.87 bits per heavy atom. The first-order valence-corrected chi connectivity index (χ1v) is 5.44. The van der Waals surface area contributed by atoms with E-state index in [1.54, 1.807) is 6.92 Å². The van der Waals surface area contributed by atoms with Crippen molar-refractivity contribution >= 4 is 6.09 Å². The normalized spacial score (nSPS) is 39.3. The first kappa shape index (κ1) is 10.7. The van der Waals surface area contributed by atoms with Crippen molar-refractivity contribution in [3.05, 3.63) is 0 Å². The Morgan fingerprint density at radius 2 is 2.20 bits per heavy atom. The predicted octanol–water partition coefficient (Wildman–Crippen LogP) is -0.0411. The highest BCUT2D eigenvalue weighted by molar-refractivity contribution is 5.69. The molecule has 5 heteroatoms. The summed E-state index contributed by atoms with van der Waals surface area (Å²) >= 11 is 0. The van der Waals surface area contributed by atoms with Crippen LogP contribution in [-0.4, -0.2) is 52.6 Å². The Kier molecular flexibility index (Phi) is 2.84. The van der Waals surface area contributed by atoms with E-state index in [9.17, 15) is 15.0 Å². The average molecular weight is 215 g/mol. The molecule has 86 valence electrons. The maximum absolute atomic E-state index is 11.6. The number of fused-ring (bicyclic) bond motifs is 2. The van der Waals surface area contributed by atoms with Crippen LogP contribution in [0.5, 0.6) is 0 Å². The molecule has 2 fully saturated rings. The van der Waals surface area contributed by atoms with E-state index >= 15 is 0 Å². The second kappa shape index (κ2) is 3.98. The molecule has 0 aromatic carbocycles. The summed E-state index contributed by atoms with van der Waals surface area (Å²) in [6.07, 6.45) is -0.219. The summed E-state index contributed by atoms with van der Waals surface area (Å²) in [6.45, 7) is 2.56. The molecule has 0 radical (unpaired) electrons. The maximum Gasteiger partial charge on any atom is 0.410 e. The number of hydrogen-bond donors (Lipinski definition) is 2. The van der Waals surface area contributed by atoms with Crippen molar-refractivity contribution in [1.82, 2.24) is 4.90 Å². The highest BCUT2D eigenvalue weighted by Gasteiger charge is 2.50. The molecule has 1 aliphatic carbocycles. The van der Waals surface area contributed by atoms with Crippen LogP contribution in [0, 0.1) is 5.92 Å². The van der Waals surface area contributed by atoms with Crippen molar-refractivity contribution < 1.29 is 19.7 Å². The molecule has 5 nitrogen and oxygen atoms in total. The lowest BCUT2D eigenvalue weighted by molar-refractivity contribution is -0.0193. The molecule has 1 heterocycles. The van der Waals surface area contributed by atoms with E-state index in [0.717, 1.165) is 6.42 Å². The van der Waals surface area contributed by atoms with Gasteiger partial charge in [-0.1, -0.05) is 0 Å². The van der Waals surface area contributed by atoms with Gasteiger partial charge in [0.25, 0.3) is 0 Å². The number of carbonyl (C=O) groups is 1. The molecule has 0 aromatic heterocycles. The van der Waals surface area contributed by atoms with Gasteiger partial charge in [-0.05, 0) is 19.8 Å². The van der Waals surface area contributed by atoms with Gasteiger partial charge >= 0.3 is 6.09 Å². The number of nitrogens with zero attached hydrogens (tertiary/aromatic N) is 1. The third-order valence-electron chi connectivity index (χ3n) is 3.35. The molecular weight excluding hydrogens is 198 g/mol. The Hall–Kier alpha value is -0.810. The molecule has 1 amide bonds. The van der Waals surface area contributed by atoms with Crippen LogP contribution >= 0.6 is 0 Å². The number of likely N-dealkylation sites (tertiary alicyclic amines) is 1. The smallest absolute Gasteiger partial charge is 0.410 e. The van der Waals surface area contributed by atoms with Gasteiger partial charge in [0.1, 0.15) is 0 Å². The van der Waals surface area contributed by atoms with E-state index in [4.69, 9.17) is 4.74 Å². The average Bonchev–Trinajstić information content (AvgIpc) is 2.40. The van der Waals surface area contributed by atoms with Crippen molar-refractivity contribution in [3.63, 3.8) is 0 Å². The van der Waals surface area contributed by atoms with Gasteiger partial charge in [0.2, 0.25) is 0 Å². The molecule has 2 N–H and O–H groups in total. The maximum atomic E-state index is 11.6. The van der Waals surface area contributed by atoms with Crippen molar-refractivity contribution in [2.75, 3.05) is 13.2 Å². The van der Waals surface area contributed by atoms with Gasteiger partial charge in [-0.15, -0.1) is 0 Å². The van der Waals surface area contributed by atoms with E-state index < -0.39 is 24.3 Å². The molecule has 2 unspecified atom stereocenters. The Balaban J connectivity index is 2.11. The lowest BCUT2D eigenvalue weighted by atomic mass is 9.85. The standard InChI is InChI=1S/C10H17NO4/c1-2-15-10(14)11-5-6-3-4-7(12)8(11)9(6)13/h6-9,12-13H,2-5H2,1H3/t6?,7-,8?,9+/m1/s1. The topological polar surface area (TPSA) is 70.0 Å². The zero-order valence-electron chi connectivity index (χ0n) is 8.80. The number of hydrogen-bond acceptors (Lipinski definition) is 4. The van der Waals surface area contributed by atoms with Crippen molar-refractivity contribution in [2.24, 2.45) is 5.92 Å². The monoisotopic (exact) mass is 215 g/mol. The highest BCUT2D eigenvalue weighted by Crippen LogP contribution is 2.36. The summed E-state index contributed by atoms with van der Waals surface area (Å²) in [4.78, 5) is 13.0. The van der Waals surface area contributed by atoms with Crippen LogP contribution in [0.2, 0.25) is 0 Å². The minimum absolute atomic E-state index is 0.0998. The molecule has 1 saturated heterocycles. The zero-order chi connectivity index (χ0) is 11.0. The predicted molar refractivity (Wildman–Crippen MR) is 52.3 cm³/mol. The van der Waals surface area contributed by atoms with Crippen molar-refractivity contribution in [1.29, 1.82) is 0 Å². The molecule has 1 aliphatic heterocycles. The minimum Gasteiger partial charge on any atom is -0.450 e. The van der Waals surface area contributed by atoms with Crippen LogP contribution in [-0.2, 0) is 4.74 Å². The Bertz CT molecular complexity index is 258. The second-order valence-corrected chi connectivity index (χ2v) is 4.24. The van der Waals surface area contributed by atoms with Crippen LogP contribution in [0.4, 0.5) is 4.79 Å². The van der Waals surface area contributed by atoms with Crippen LogP contribution in [0.25, 0.3) is 0 Å². The summed E-state index contributed by atoms with van der Waals surface area (Å²) in [5.41, 5.74) is 0. The van der Waals surface area contributed by atoms with E-state index in [1.165, 1.54) is 4.90 Å². The van der Waals surface area contributed by atoms with Crippen molar-refractivity contribution in [3.8, 4) is 0 Å². The molecule has 2 aliphatic rings. The first-order chi connectivity index (χ1) is 7.15. The fraction of sp³-hybridized carbons (Fsp3) is 0.900. The fourth-order valence-corrected chi connectivity index (χ4v) is 2.60. The van der Waals surface area contributed by atoms with Crippen LogP contribution < -0.4 is 0 Å². The van der Waals surface area contributed by atoms with Gasteiger partial charge in [-0.25, -0.2) is 4.79 Å². The lowest BCUT2D eigenvalue weighted by Gasteiger charge is -2.32. The first-order valence-electron chi connectivity index (χ1n) is 5.44. The van der Waals surface area contributed by atoms with E-state index in [1.807, 2.05) is 0 Å². The summed E-state index contributed by atoms with van der Waals surface area (Å²) < 4.78 is 4.90. The van der Waals surface area contributed by atoms with E-state index in [2.05, 4.69) is 0 Å². The molecule has 0 spiro atoms. The number of carbonyl (C=O) groups excluding carboxylic acids is 1. The number of ether oxygens (including phenoxy) is 1. The van der Waals surface area contributed by atoms with Crippen LogP contribution in [0.15, 0.2) is 0 Å². The summed E-state index contributed by atoms with van der Waals surface area (Å²) in [5.74, 6) is 0.0998. The molecular formula is C10H17NO4. The number of aliphatic hydroxyl groups is 2. The highest BCUT2D eigenvalue weighted by atomic mass is 16.6. The van der Waals surface area contributed by atoms with Gasteiger partial charge in [0.05, 0.1) is 24.9 Å². The summed E-state index contributed by atoms with van der Waals surface area (Å²) in [5, 5.41) is 19.6. The zero-order valence-corrected chi connectivity index (χ0v) is 8.80. The number of rotatable bonds is 1. The van der Waals surface area contributed by atoms with Gasteiger partial charge < -0.3 is 14.9 Å². The Labute approximate surface area is 88.6 Å². The van der Waals surface area contributed by atoms with E-state index in [-0.39, 0.29) is 5.92 Å². The fourth-order valence-electron chi connectivity index (χ4n) is 2.60. The number of amides is 1. The number of aliphatic hydroxyl groups excluding tert-OH is 2. The van der Waals surface area contributed by atoms with Gasteiger partial charge in [0, 0.05) is 12.5 Å². The van der Waals surface area contributed by atoms with Crippen LogP contribution in [0.1, 0.15) is 19.8 Å². The van der Waals surface area contributed by atoms with Gasteiger partial charge in [-0.2, -0.15) is 0 Å². The molecule has 1 saturated carbocycles. The van der Waals surface area contributed by atoms with Gasteiger partial charge in [-0.3, -0.25) is 4.90 Å². The van der Waals surface area contributed by atoms with Crippen molar-refractivity contribution in [2.45, 2.75) is 38.0 Å². The van der Waals surface area contributed by atoms with E-state index in [0.29, 0.717) is 19.6 Å². The Morgan fingerprint density at radius 1 is 1.47 bits per heavy atom. The van der Waals surface area contributed by atoms with Crippen LogP contribution in [0.3, 0.4) is 0 Å². The molecule has 4 atom stereocenters. The third kappa shape index (κ3) is 1.70. The quantitative estimate of drug-likeness (QED) is 0.644. The lowest BCUT2D eigenvalue weighted by Crippen LogP contribution is -2.49. The third-order valence-corrected chi connectivity index (χ3v) is 3.35. The molecule has 0 aromatic rings. The molecule has 2 rings (SSSR count). The largest absolute Gasteiger partial charge is 0.450 e. The van der Waals surface area contributed by atoms with Gasteiger partial charge in [0.15, 0.2) is 0 Å². The summed E-state index contributed by atoms with van der Waals surface area (Å²) in [6, 6.07) is -0.470. The summed E-state index contributed by atoms with van der Waals surface area (Å²) in [7, 11) is 0. The molecule has 15 heavy (non-hydrogen) atoms.